The summed E-state index contributed by atoms with van der Waals surface area (Å²) < 4.78 is 7.44. The van der Waals surface area contributed by atoms with Crippen molar-refractivity contribution in [3.63, 3.8) is 0 Å². The Morgan fingerprint density at radius 3 is 2.96 bits per heavy atom. The van der Waals surface area contributed by atoms with Crippen molar-refractivity contribution in [1.82, 2.24) is 24.9 Å². The predicted octanol–water partition coefficient (Wildman–Crippen LogP) is 3.46. The lowest BCUT2D eigenvalue weighted by molar-refractivity contribution is 0.143. The van der Waals surface area contributed by atoms with E-state index in [9.17, 15) is 4.79 Å². The van der Waals surface area contributed by atoms with E-state index in [2.05, 4.69) is 33.9 Å². The van der Waals surface area contributed by atoms with Crippen molar-refractivity contribution >= 4 is 6.03 Å². The molecular weight excluding hydrogens is 330 g/mol. The average Bonchev–Trinajstić information content (AvgIpc) is 3.27. The number of carbonyl (C=O) groups excluding carboxylic acids is 1. The van der Waals surface area contributed by atoms with Gasteiger partial charge in [-0.15, -0.1) is 0 Å². The van der Waals surface area contributed by atoms with Crippen LogP contribution in [0, 0.1) is 6.92 Å². The molecule has 7 heteroatoms. The summed E-state index contributed by atoms with van der Waals surface area (Å²) in [5.74, 6) is 2.16. The minimum atomic E-state index is -0.00819. The first kappa shape index (κ1) is 18.5. The van der Waals surface area contributed by atoms with Crippen molar-refractivity contribution in [3.8, 4) is 0 Å². The van der Waals surface area contributed by atoms with Gasteiger partial charge in [0.05, 0.1) is 6.54 Å². The lowest BCUT2D eigenvalue weighted by atomic mass is 9.99. The zero-order valence-electron chi connectivity index (χ0n) is 15.9. The van der Waals surface area contributed by atoms with Crippen LogP contribution >= 0.6 is 0 Å². The molecule has 0 spiro atoms. The zero-order valence-corrected chi connectivity index (χ0v) is 15.9. The van der Waals surface area contributed by atoms with Gasteiger partial charge < -0.3 is 19.3 Å². The molecular formula is C19H29N5O2. The molecule has 1 saturated heterocycles. The van der Waals surface area contributed by atoms with Gasteiger partial charge in [0.1, 0.15) is 17.3 Å². The van der Waals surface area contributed by atoms with Crippen LogP contribution in [0.3, 0.4) is 0 Å². The fraction of sp³-hybridized carbons (Fsp3) is 0.632. The van der Waals surface area contributed by atoms with Crippen molar-refractivity contribution in [2.24, 2.45) is 0 Å². The maximum atomic E-state index is 12.7. The molecule has 0 aliphatic carbocycles. The van der Waals surface area contributed by atoms with Gasteiger partial charge in [0.25, 0.3) is 0 Å². The summed E-state index contributed by atoms with van der Waals surface area (Å²) in [6, 6.07) is 2.18. The van der Waals surface area contributed by atoms with Crippen LogP contribution < -0.4 is 5.32 Å². The lowest BCUT2D eigenvalue weighted by Crippen LogP contribution is -2.48. The van der Waals surface area contributed by atoms with E-state index >= 15 is 0 Å². The Labute approximate surface area is 154 Å². The highest BCUT2D eigenvalue weighted by atomic mass is 16.5. The molecule has 1 aliphatic heterocycles. The normalized spacial score (nSPS) is 17.7. The van der Waals surface area contributed by atoms with Crippen molar-refractivity contribution in [2.45, 2.75) is 71.5 Å². The number of hydrogen-bond donors (Lipinski definition) is 1. The summed E-state index contributed by atoms with van der Waals surface area (Å²) >= 11 is 0. The number of nitrogens with one attached hydrogen (secondary N) is 1. The first-order valence-corrected chi connectivity index (χ1v) is 9.52. The number of imidazole rings is 1. The number of carbonyl (C=O) groups is 1. The molecule has 7 nitrogen and oxygen atoms in total. The van der Waals surface area contributed by atoms with Gasteiger partial charge in [0.15, 0.2) is 0 Å². The zero-order chi connectivity index (χ0) is 18.5. The largest absolute Gasteiger partial charge is 0.361 e. The molecule has 1 N–H and O–H groups in total. The molecule has 3 rings (SSSR count). The van der Waals surface area contributed by atoms with Crippen molar-refractivity contribution in [1.29, 1.82) is 0 Å². The summed E-state index contributed by atoms with van der Waals surface area (Å²) in [7, 11) is 0. The number of nitrogens with zero attached hydrogens (tertiary/aromatic N) is 4. The second-order valence-electron chi connectivity index (χ2n) is 7.33. The summed E-state index contributed by atoms with van der Waals surface area (Å²) in [6.45, 7) is 8.23. The van der Waals surface area contributed by atoms with Gasteiger partial charge in [-0.3, -0.25) is 0 Å². The summed E-state index contributed by atoms with van der Waals surface area (Å²) in [4.78, 5) is 18.9. The number of amides is 2. The number of hydrogen-bond acceptors (Lipinski definition) is 4. The average molecular weight is 359 g/mol. The van der Waals surface area contributed by atoms with Crippen LogP contribution in [-0.4, -0.2) is 38.2 Å². The number of likely N-dealkylation sites (tertiary alicyclic amines) is 1. The molecule has 26 heavy (non-hydrogen) atoms. The molecule has 0 aromatic carbocycles. The van der Waals surface area contributed by atoms with Crippen LogP contribution in [0.25, 0.3) is 0 Å². The van der Waals surface area contributed by atoms with E-state index < -0.39 is 0 Å². The van der Waals surface area contributed by atoms with E-state index in [4.69, 9.17) is 4.52 Å². The van der Waals surface area contributed by atoms with E-state index in [0.29, 0.717) is 12.5 Å². The minimum Gasteiger partial charge on any atom is -0.361 e. The third-order valence-corrected chi connectivity index (χ3v) is 5.08. The molecule has 3 heterocycles. The van der Waals surface area contributed by atoms with Gasteiger partial charge in [-0.1, -0.05) is 19.0 Å². The Morgan fingerprint density at radius 1 is 1.42 bits per heavy atom. The van der Waals surface area contributed by atoms with Crippen LogP contribution in [0.4, 0.5) is 4.79 Å². The van der Waals surface area contributed by atoms with Gasteiger partial charge in [-0.05, 0) is 32.6 Å². The molecule has 0 radical (unpaired) electrons. The van der Waals surface area contributed by atoms with E-state index in [0.717, 1.165) is 49.6 Å². The molecule has 2 aromatic heterocycles. The highest BCUT2D eigenvalue weighted by Gasteiger charge is 2.26. The van der Waals surface area contributed by atoms with Gasteiger partial charge in [0.2, 0.25) is 0 Å². The van der Waals surface area contributed by atoms with Crippen molar-refractivity contribution in [3.05, 3.63) is 35.7 Å². The molecule has 1 fully saturated rings. The quantitative estimate of drug-likeness (QED) is 0.857. The van der Waals surface area contributed by atoms with Gasteiger partial charge in [0, 0.05) is 43.5 Å². The summed E-state index contributed by atoms with van der Waals surface area (Å²) in [5.41, 5.74) is 0.768. The molecule has 142 valence electrons. The minimum absolute atomic E-state index is 0.00819. The first-order valence-electron chi connectivity index (χ1n) is 9.52. The van der Waals surface area contributed by atoms with Crippen LogP contribution in [0.15, 0.2) is 23.0 Å². The third-order valence-electron chi connectivity index (χ3n) is 5.08. The van der Waals surface area contributed by atoms with E-state index in [1.165, 1.54) is 6.42 Å². The standard InChI is InChI=1S/C19H29N5O2/c1-14(2)18-12-16(22-26-18)13-21-19(25)24-9-5-4-6-17(24)7-10-23-11-8-20-15(23)3/h8,11-12,14,17H,4-7,9-10,13H2,1-3H3,(H,21,25)/t17-/m1/s1. The van der Waals surface area contributed by atoms with Gasteiger partial charge in [-0.2, -0.15) is 0 Å². The smallest absolute Gasteiger partial charge is 0.317 e. The molecule has 0 bridgehead atoms. The Morgan fingerprint density at radius 2 is 2.27 bits per heavy atom. The highest BCUT2D eigenvalue weighted by molar-refractivity contribution is 5.74. The number of piperidine rings is 1. The maximum absolute atomic E-state index is 12.7. The molecule has 1 aliphatic rings. The Bertz CT molecular complexity index is 721. The monoisotopic (exact) mass is 359 g/mol. The van der Waals surface area contributed by atoms with Crippen molar-refractivity contribution < 1.29 is 9.32 Å². The first-order chi connectivity index (χ1) is 12.5. The molecule has 1 atom stereocenters. The fourth-order valence-corrected chi connectivity index (χ4v) is 3.45. The fourth-order valence-electron chi connectivity index (χ4n) is 3.45. The lowest BCUT2D eigenvalue weighted by Gasteiger charge is -2.36. The van der Waals surface area contributed by atoms with Gasteiger partial charge >= 0.3 is 6.03 Å². The van der Waals surface area contributed by atoms with E-state index in [-0.39, 0.29) is 12.1 Å². The Hall–Kier alpha value is -2.31. The second-order valence-corrected chi connectivity index (χ2v) is 7.33. The second kappa shape index (κ2) is 8.38. The van der Waals surface area contributed by atoms with Gasteiger partial charge in [-0.25, -0.2) is 9.78 Å². The van der Waals surface area contributed by atoms with E-state index in [1.54, 1.807) is 0 Å². The molecule has 0 unspecified atom stereocenters. The predicted molar refractivity (Wildman–Crippen MR) is 98.8 cm³/mol. The molecule has 0 saturated carbocycles. The number of urea groups is 1. The SMILES string of the molecule is Cc1nccn1CC[C@H]1CCCCN1C(=O)NCc1cc(C(C)C)on1. The van der Waals surface area contributed by atoms with Crippen LogP contribution in [0.5, 0.6) is 0 Å². The molecule has 2 aromatic rings. The topological polar surface area (TPSA) is 76.2 Å². The Balaban J connectivity index is 1.54. The Kier molecular flexibility index (Phi) is 5.96. The third kappa shape index (κ3) is 4.45. The summed E-state index contributed by atoms with van der Waals surface area (Å²) in [5, 5.41) is 7.04. The summed E-state index contributed by atoms with van der Waals surface area (Å²) in [6.07, 6.45) is 8.08. The maximum Gasteiger partial charge on any atom is 0.317 e. The van der Waals surface area contributed by atoms with Crippen LogP contribution in [-0.2, 0) is 13.1 Å². The van der Waals surface area contributed by atoms with E-state index in [1.807, 2.05) is 30.3 Å². The molecule has 2 amide bonds. The number of aromatic nitrogens is 3. The number of aryl methyl sites for hydroxylation is 2. The van der Waals surface area contributed by atoms with Crippen LogP contribution in [0.2, 0.25) is 0 Å². The number of rotatable bonds is 6. The highest BCUT2D eigenvalue weighted by Crippen LogP contribution is 2.21. The van der Waals surface area contributed by atoms with Crippen LogP contribution in [0.1, 0.15) is 62.7 Å². The van der Waals surface area contributed by atoms with Crippen molar-refractivity contribution in [2.75, 3.05) is 6.54 Å².